The third-order valence-corrected chi connectivity index (χ3v) is 4.11. The quantitative estimate of drug-likeness (QED) is 0.572. The maximum Gasteiger partial charge on any atom is 0.276 e. The van der Waals surface area contributed by atoms with E-state index in [4.69, 9.17) is 0 Å². The number of pyridine rings is 1. The van der Waals surface area contributed by atoms with Crippen LogP contribution in [0.25, 0.3) is 16.9 Å². The van der Waals surface area contributed by atoms with E-state index in [1.54, 1.807) is 48.8 Å². The van der Waals surface area contributed by atoms with Crippen LogP contribution in [-0.4, -0.2) is 20.7 Å². The van der Waals surface area contributed by atoms with Crippen molar-refractivity contribution in [3.05, 3.63) is 96.5 Å². The molecule has 138 valence electrons. The second-order valence-corrected chi connectivity index (χ2v) is 5.97. The Bertz CT molecular complexity index is 1120. The number of amides is 1. The molecule has 0 aliphatic heterocycles. The van der Waals surface area contributed by atoms with Gasteiger partial charge in [-0.3, -0.25) is 9.78 Å². The number of carbonyl (C=O) groups excluding carboxylic acids is 1. The summed E-state index contributed by atoms with van der Waals surface area (Å²) in [4.78, 5) is 16.6. The van der Waals surface area contributed by atoms with E-state index in [-0.39, 0.29) is 17.2 Å². The molecule has 2 aromatic carbocycles. The Hall–Kier alpha value is -3.87. The van der Waals surface area contributed by atoms with Crippen LogP contribution >= 0.6 is 0 Å². The van der Waals surface area contributed by atoms with Crippen molar-refractivity contribution in [2.75, 3.05) is 5.32 Å². The Morgan fingerprint density at radius 3 is 2.36 bits per heavy atom. The van der Waals surface area contributed by atoms with Gasteiger partial charge in [-0.1, -0.05) is 12.1 Å². The van der Waals surface area contributed by atoms with Crippen molar-refractivity contribution < 1.29 is 13.6 Å². The first-order valence-corrected chi connectivity index (χ1v) is 8.44. The molecule has 0 bridgehead atoms. The summed E-state index contributed by atoms with van der Waals surface area (Å²) in [5.41, 5.74) is 2.14. The minimum Gasteiger partial charge on any atom is -0.318 e. The highest BCUT2D eigenvalue weighted by Crippen LogP contribution is 2.24. The molecule has 1 amide bonds. The number of carbonyl (C=O) groups is 1. The molecule has 4 aromatic rings. The van der Waals surface area contributed by atoms with Crippen molar-refractivity contribution in [1.29, 1.82) is 0 Å². The van der Waals surface area contributed by atoms with Gasteiger partial charge in [0.05, 0.1) is 17.1 Å². The number of anilines is 1. The molecule has 7 heteroatoms. The van der Waals surface area contributed by atoms with Gasteiger partial charge >= 0.3 is 0 Å². The standard InChI is InChI=1S/C21H14F2N4O/c22-15-5-7-16(8-6-15)27-20(14-9-11-24-12-10-14)13-19(26-27)21(28)25-18-4-2-1-3-17(18)23/h1-13H,(H,25,28). The second-order valence-electron chi connectivity index (χ2n) is 5.97. The SMILES string of the molecule is O=C(Nc1ccccc1F)c1cc(-c2ccncc2)n(-c2ccc(F)cc2)n1. The van der Waals surface area contributed by atoms with Gasteiger partial charge in [-0.25, -0.2) is 13.5 Å². The lowest BCUT2D eigenvalue weighted by Crippen LogP contribution is -2.14. The molecule has 0 saturated heterocycles. The fourth-order valence-corrected chi connectivity index (χ4v) is 2.75. The molecular weight excluding hydrogens is 362 g/mol. The smallest absolute Gasteiger partial charge is 0.276 e. The Labute approximate surface area is 159 Å². The molecule has 28 heavy (non-hydrogen) atoms. The summed E-state index contributed by atoms with van der Waals surface area (Å²) in [5.74, 6) is -1.47. The van der Waals surface area contributed by atoms with Crippen molar-refractivity contribution in [3.63, 3.8) is 0 Å². The third kappa shape index (κ3) is 3.50. The molecule has 4 rings (SSSR count). The third-order valence-electron chi connectivity index (χ3n) is 4.11. The van der Waals surface area contributed by atoms with Crippen LogP contribution in [0.5, 0.6) is 0 Å². The predicted octanol–water partition coefficient (Wildman–Crippen LogP) is 4.46. The molecule has 0 unspecified atom stereocenters. The van der Waals surface area contributed by atoms with Crippen LogP contribution in [0.3, 0.4) is 0 Å². The number of rotatable bonds is 4. The maximum atomic E-state index is 13.8. The second kappa shape index (κ2) is 7.40. The molecule has 0 spiro atoms. The van der Waals surface area contributed by atoms with Crippen LogP contribution in [-0.2, 0) is 0 Å². The molecule has 2 aromatic heterocycles. The average molecular weight is 376 g/mol. The van der Waals surface area contributed by atoms with Crippen molar-refractivity contribution in [2.24, 2.45) is 0 Å². The van der Waals surface area contributed by atoms with Crippen molar-refractivity contribution in [2.45, 2.75) is 0 Å². The maximum absolute atomic E-state index is 13.8. The van der Waals surface area contributed by atoms with Gasteiger partial charge in [0.2, 0.25) is 0 Å². The van der Waals surface area contributed by atoms with Crippen LogP contribution in [0.15, 0.2) is 79.1 Å². The number of hydrogen-bond donors (Lipinski definition) is 1. The number of hydrogen-bond acceptors (Lipinski definition) is 3. The highest BCUT2D eigenvalue weighted by Gasteiger charge is 2.18. The molecule has 0 aliphatic carbocycles. The van der Waals surface area contributed by atoms with Crippen LogP contribution in [0.1, 0.15) is 10.5 Å². The van der Waals surface area contributed by atoms with E-state index in [9.17, 15) is 13.6 Å². The lowest BCUT2D eigenvalue weighted by molar-refractivity contribution is 0.102. The summed E-state index contributed by atoms with van der Waals surface area (Å²) in [6, 6.07) is 16.8. The van der Waals surface area contributed by atoms with Gasteiger partial charge < -0.3 is 5.32 Å². The Kier molecular flexibility index (Phi) is 4.63. The number of halogens is 2. The summed E-state index contributed by atoms with van der Waals surface area (Å²) in [6.07, 6.45) is 3.24. The molecule has 5 nitrogen and oxygen atoms in total. The molecule has 0 aliphatic rings. The predicted molar refractivity (Wildman–Crippen MR) is 101 cm³/mol. The van der Waals surface area contributed by atoms with Crippen LogP contribution in [0.4, 0.5) is 14.5 Å². The summed E-state index contributed by atoms with van der Waals surface area (Å²) in [5, 5.41) is 6.87. The van der Waals surface area contributed by atoms with E-state index in [2.05, 4.69) is 15.4 Å². The largest absolute Gasteiger partial charge is 0.318 e. The number of nitrogens with zero attached hydrogens (tertiary/aromatic N) is 3. The molecule has 0 radical (unpaired) electrons. The van der Waals surface area contributed by atoms with Gasteiger partial charge in [0.1, 0.15) is 11.6 Å². The average Bonchev–Trinajstić information content (AvgIpc) is 3.16. The first-order chi connectivity index (χ1) is 13.6. The Balaban J connectivity index is 1.76. The summed E-state index contributed by atoms with van der Waals surface area (Å²) in [6.45, 7) is 0. The number of benzene rings is 2. The first kappa shape index (κ1) is 17.5. The molecule has 1 N–H and O–H groups in total. The van der Waals surface area contributed by atoms with Crippen LogP contribution in [0.2, 0.25) is 0 Å². The fraction of sp³-hybridized carbons (Fsp3) is 0. The number of para-hydroxylation sites is 1. The fourth-order valence-electron chi connectivity index (χ4n) is 2.75. The van der Waals surface area contributed by atoms with E-state index in [1.807, 2.05) is 0 Å². The highest BCUT2D eigenvalue weighted by molar-refractivity contribution is 6.03. The summed E-state index contributed by atoms with van der Waals surface area (Å²) < 4.78 is 28.7. The normalized spacial score (nSPS) is 10.6. The molecule has 0 saturated carbocycles. The Morgan fingerprint density at radius 2 is 1.64 bits per heavy atom. The van der Waals surface area contributed by atoms with Gasteiger partial charge in [0.15, 0.2) is 5.69 Å². The zero-order valence-corrected chi connectivity index (χ0v) is 14.5. The zero-order chi connectivity index (χ0) is 19.5. The molecule has 0 atom stereocenters. The van der Waals surface area contributed by atoms with Crippen molar-refractivity contribution in [3.8, 4) is 16.9 Å². The van der Waals surface area contributed by atoms with Gasteiger partial charge in [-0.05, 0) is 54.6 Å². The van der Waals surface area contributed by atoms with Gasteiger partial charge in [0.25, 0.3) is 5.91 Å². The summed E-state index contributed by atoms with van der Waals surface area (Å²) in [7, 11) is 0. The zero-order valence-electron chi connectivity index (χ0n) is 14.5. The monoisotopic (exact) mass is 376 g/mol. The topological polar surface area (TPSA) is 59.8 Å². The lowest BCUT2D eigenvalue weighted by Gasteiger charge is -2.07. The van der Waals surface area contributed by atoms with Crippen molar-refractivity contribution in [1.82, 2.24) is 14.8 Å². The molecule has 2 heterocycles. The summed E-state index contributed by atoms with van der Waals surface area (Å²) >= 11 is 0. The van der Waals surface area contributed by atoms with Gasteiger partial charge in [0, 0.05) is 18.0 Å². The van der Waals surface area contributed by atoms with Crippen molar-refractivity contribution >= 4 is 11.6 Å². The highest BCUT2D eigenvalue weighted by atomic mass is 19.1. The first-order valence-electron chi connectivity index (χ1n) is 8.44. The lowest BCUT2D eigenvalue weighted by atomic mass is 10.1. The molecule has 0 fully saturated rings. The van der Waals surface area contributed by atoms with E-state index in [1.165, 1.54) is 35.0 Å². The van der Waals surface area contributed by atoms with E-state index in [0.717, 1.165) is 5.56 Å². The van der Waals surface area contributed by atoms with E-state index >= 15 is 0 Å². The number of nitrogens with one attached hydrogen (secondary N) is 1. The molecular formula is C21H14F2N4O. The van der Waals surface area contributed by atoms with Crippen LogP contribution < -0.4 is 5.32 Å². The minimum absolute atomic E-state index is 0.0642. The van der Waals surface area contributed by atoms with Gasteiger partial charge in [-0.15, -0.1) is 0 Å². The Morgan fingerprint density at radius 1 is 0.929 bits per heavy atom. The van der Waals surface area contributed by atoms with E-state index < -0.39 is 11.7 Å². The number of aromatic nitrogens is 3. The van der Waals surface area contributed by atoms with Crippen LogP contribution in [0, 0.1) is 11.6 Å². The van der Waals surface area contributed by atoms with Gasteiger partial charge in [-0.2, -0.15) is 5.10 Å². The minimum atomic E-state index is -0.554. The van der Waals surface area contributed by atoms with E-state index in [0.29, 0.717) is 11.4 Å².